The summed E-state index contributed by atoms with van der Waals surface area (Å²) in [6.07, 6.45) is -0.604. The Morgan fingerprint density at radius 1 is 1.52 bits per heavy atom. The summed E-state index contributed by atoms with van der Waals surface area (Å²) in [4.78, 5) is 28.4. The first-order valence-electron chi connectivity index (χ1n) is 7.94. The van der Waals surface area contributed by atoms with Crippen LogP contribution in [0.3, 0.4) is 0 Å². The van der Waals surface area contributed by atoms with Crippen molar-refractivity contribution in [2.24, 2.45) is 0 Å². The molecular weight excluding hydrogens is 350 g/mol. The molecular formula is C15H21N3O6S. The fourth-order valence-electron chi connectivity index (χ4n) is 2.84. The maximum absolute atomic E-state index is 12.6. The van der Waals surface area contributed by atoms with Crippen molar-refractivity contribution in [3.63, 3.8) is 0 Å². The van der Waals surface area contributed by atoms with Crippen molar-refractivity contribution >= 4 is 21.6 Å². The number of ether oxygens (including phenoxy) is 1. The zero-order valence-electron chi connectivity index (χ0n) is 14.3. The molecule has 1 aromatic heterocycles. The average molecular weight is 371 g/mol. The molecule has 0 unspecified atom stereocenters. The van der Waals surface area contributed by atoms with Crippen molar-refractivity contribution in [3.05, 3.63) is 27.9 Å². The van der Waals surface area contributed by atoms with Crippen LogP contribution in [0.5, 0.6) is 5.75 Å². The minimum atomic E-state index is -3.13. The van der Waals surface area contributed by atoms with Crippen LogP contribution in [-0.4, -0.2) is 59.3 Å². The van der Waals surface area contributed by atoms with Crippen LogP contribution in [0.4, 0.5) is 5.82 Å². The second-order valence-electron chi connectivity index (χ2n) is 5.97. The maximum atomic E-state index is 12.6. The number of likely N-dealkylation sites (N-methyl/N-ethyl adjacent to an activating group) is 1. The van der Waals surface area contributed by atoms with E-state index in [0.29, 0.717) is 18.7 Å². The van der Waals surface area contributed by atoms with Crippen LogP contribution < -0.4 is 4.74 Å². The number of carbonyl (C=O) groups excluding carboxylic acids is 1. The van der Waals surface area contributed by atoms with Gasteiger partial charge in [0.1, 0.15) is 5.69 Å². The summed E-state index contributed by atoms with van der Waals surface area (Å²) < 4.78 is 28.8. The van der Waals surface area contributed by atoms with E-state index >= 15 is 0 Å². The van der Waals surface area contributed by atoms with Gasteiger partial charge in [0.25, 0.3) is 5.91 Å². The standard InChI is InChI=1S/C15H21N3O6S/c1-4-17(12-7-8-25(22,23)9-12)15(19)11(3)24-13-6-5-10(2)16-14(13)18(20)21/h5-6,11-12H,4,7-9H2,1-3H3/t11-,12+/m0/s1. The smallest absolute Gasteiger partial charge is 0.406 e. The Labute approximate surface area is 146 Å². The molecule has 138 valence electrons. The Morgan fingerprint density at radius 3 is 2.72 bits per heavy atom. The van der Waals surface area contributed by atoms with Crippen molar-refractivity contribution in [3.8, 4) is 5.75 Å². The lowest BCUT2D eigenvalue weighted by Gasteiger charge is -2.29. The van der Waals surface area contributed by atoms with Crippen molar-refractivity contribution in [2.45, 2.75) is 39.3 Å². The van der Waals surface area contributed by atoms with Gasteiger partial charge in [-0.05, 0) is 42.3 Å². The average Bonchev–Trinajstić information content (AvgIpc) is 2.89. The summed E-state index contributed by atoms with van der Waals surface area (Å²) in [6.45, 7) is 5.19. The van der Waals surface area contributed by atoms with Crippen molar-refractivity contribution in [1.82, 2.24) is 9.88 Å². The number of nitro groups is 1. The van der Waals surface area contributed by atoms with Crippen LogP contribution in [0.25, 0.3) is 0 Å². The van der Waals surface area contributed by atoms with Crippen LogP contribution in [-0.2, 0) is 14.6 Å². The normalized spacial score (nSPS) is 20.0. The van der Waals surface area contributed by atoms with E-state index in [-0.39, 0.29) is 23.3 Å². The highest BCUT2D eigenvalue weighted by atomic mass is 32.2. The maximum Gasteiger partial charge on any atom is 0.406 e. The van der Waals surface area contributed by atoms with E-state index in [0.717, 1.165) is 0 Å². The molecule has 0 aromatic carbocycles. The van der Waals surface area contributed by atoms with Crippen LogP contribution in [0.2, 0.25) is 0 Å². The summed E-state index contributed by atoms with van der Waals surface area (Å²) in [6, 6.07) is 2.57. The Bertz CT molecular complexity index is 779. The third-order valence-electron chi connectivity index (χ3n) is 4.08. The van der Waals surface area contributed by atoms with Crippen LogP contribution in [0.15, 0.2) is 12.1 Å². The van der Waals surface area contributed by atoms with Crippen molar-refractivity contribution in [1.29, 1.82) is 0 Å². The molecule has 0 N–H and O–H groups in total. The first kappa shape index (κ1) is 19.1. The highest BCUT2D eigenvalue weighted by Gasteiger charge is 2.36. The van der Waals surface area contributed by atoms with Gasteiger partial charge in [-0.3, -0.25) is 4.79 Å². The summed E-state index contributed by atoms with van der Waals surface area (Å²) >= 11 is 0. The number of carbonyl (C=O) groups is 1. The number of sulfone groups is 1. The van der Waals surface area contributed by atoms with Gasteiger partial charge in [0.05, 0.1) is 11.5 Å². The monoisotopic (exact) mass is 371 g/mol. The van der Waals surface area contributed by atoms with Gasteiger partial charge in [0, 0.05) is 19.5 Å². The number of pyridine rings is 1. The largest absolute Gasteiger partial charge is 0.473 e. The number of hydrogen-bond acceptors (Lipinski definition) is 7. The van der Waals surface area contributed by atoms with Crippen molar-refractivity contribution < 1.29 is 22.9 Å². The number of nitrogens with zero attached hydrogens (tertiary/aromatic N) is 3. The molecule has 1 fully saturated rings. The highest BCUT2D eigenvalue weighted by molar-refractivity contribution is 7.91. The first-order valence-corrected chi connectivity index (χ1v) is 9.76. The summed E-state index contributed by atoms with van der Waals surface area (Å²) in [5.41, 5.74) is 0.462. The van der Waals surface area contributed by atoms with Gasteiger partial charge >= 0.3 is 5.82 Å². The molecule has 1 aliphatic rings. The predicted molar refractivity (Wildman–Crippen MR) is 90.2 cm³/mol. The van der Waals surface area contributed by atoms with Gasteiger partial charge in [-0.25, -0.2) is 8.42 Å². The molecule has 25 heavy (non-hydrogen) atoms. The second-order valence-corrected chi connectivity index (χ2v) is 8.20. The molecule has 1 aromatic rings. The molecule has 0 spiro atoms. The van der Waals surface area contributed by atoms with Gasteiger partial charge in [0.15, 0.2) is 15.9 Å². The van der Waals surface area contributed by atoms with Gasteiger partial charge in [-0.1, -0.05) is 0 Å². The SMILES string of the molecule is CCN(C(=O)[C@H](C)Oc1ccc(C)nc1[N+](=O)[O-])[C@@H]1CCS(=O)(=O)C1. The van der Waals surface area contributed by atoms with Crippen LogP contribution >= 0.6 is 0 Å². The Balaban J connectivity index is 2.16. The lowest BCUT2D eigenvalue weighted by Crippen LogP contribution is -2.47. The molecule has 1 aliphatic heterocycles. The number of rotatable bonds is 6. The number of aromatic nitrogens is 1. The molecule has 10 heteroatoms. The van der Waals surface area contributed by atoms with Crippen LogP contribution in [0, 0.1) is 17.0 Å². The number of amides is 1. The molecule has 2 rings (SSSR count). The molecule has 2 atom stereocenters. The fourth-order valence-corrected chi connectivity index (χ4v) is 4.57. The van der Waals surface area contributed by atoms with E-state index in [4.69, 9.17) is 4.74 Å². The lowest BCUT2D eigenvalue weighted by atomic mass is 10.2. The van der Waals surface area contributed by atoms with E-state index in [1.807, 2.05) is 0 Å². The van der Waals surface area contributed by atoms with Gasteiger partial charge < -0.3 is 19.8 Å². The topological polar surface area (TPSA) is 120 Å². The number of aryl methyl sites for hydroxylation is 1. The Kier molecular flexibility index (Phi) is 5.61. The van der Waals surface area contributed by atoms with E-state index in [2.05, 4.69) is 4.98 Å². The summed E-state index contributed by atoms with van der Waals surface area (Å²) in [7, 11) is -3.13. The third-order valence-corrected chi connectivity index (χ3v) is 5.83. The third kappa shape index (κ3) is 4.44. The van der Waals surface area contributed by atoms with Gasteiger partial charge in [-0.15, -0.1) is 0 Å². The van der Waals surface area contributed by atoms with Gasteiger partial charge in [-0.2, -0.15) is 0 Å². The summed E-state index contributed by atoms with van der Waals surface area (Å²) in [5.74, 6) is -0.951. The van der Waals surface area contributed by atoms with E-state index < -0.39 is 32.6 Å². The molecule has 9 nitrogen and oxygen atoms in total. The minimum Gasteiger partial charge on any atom is -0.473 e. The quantitative estimate of drug-likeness (QED) is 0.542. The fraction of sp³-hybridized carbons (Fsp3) is 0.600. The summed E-state index contributed by atoms with van der Waals surface area (Å²) in [5, 5.41) is 11.1. The number of hydrogen-bond donors (Lipinski definition) is 0. The van der Waals surface area contributed by atoms with E-state index in [1.165, 1.54) is 17.9 Å². The Morgan fingerprint density at radius 2 is 2.20 bits per heavy atom. The predicted octanol–water partition coefficient (Wildman–Crippen LogP) is 1.10. The minimum absolute atomic E-state index is 0.0596. The highest BCUT2D eigenvalue weighted by Crippen LogP contribution is 2.26. The Hall–Kier alpha value is -2.23. The molecule has 1 saturated heterocycles. The zero-order chi connectivity index (χ0) is 18.8. The van der Waals surface area contributed by atoms with E-state index in [9.17, 15) is 23.3 Å². The molecule has 0 aliphatic carbocycles. The van der Waals surface area contributed by atoms with Crippen molar-refractivity contribution in [2.75, 3.05) is 18.1 Å². The molecule has 0 saturated carbocycles. The first-order chi connectivity index (χ1) is 11.6. The molecule has 0 bridgehead atoms. The molecule has 0 radical (unpaired) electrons. The zero-order valence-corrected chi connectivity index (χ0v) is 15.2. The van der Waals surface area contributed by atoms with Gasteiger partial charge in [0.2, 0.25) is 5.75 Å². The van der Waals surface area contributed by atoms with Crippen LogP contribution in [0.1, 0.15) is 26.0 Å². The molecule has 1 amide bonds. The second kappa shape index (κ2) is 7.34. The molecule has 2 heterocycles. The lowest BCUT2D eigenvalue weighted by molar-refractivity contribution is -0.390. The van der Waals surface area contributed by atoms with E-state index in [1.54, 1.807) is 19.9 Å².